The Hall–Kier alpha value is -1.10. The highest BCUT2D eigenvalue weighted by Crippen LogP contribution is 2.34. The molecule has 0 radical (unpaired) electrons. The molecule has 0 aromatic heterocycles. The quantitative estimate of drug-likeness (QED) is 0.826. The molecule has 2 saturated heterocycles. The van der Waals surface area contributed by atoms with Crippen molar-refractivity contribution in [3.05, 3.63) is 0 Å². The van der Waals surface area contributed by atoms with Gasteiger partial charge in [-0.3, -0.25) is 9.59 Å². The predicted molar refractivity (Wildman–Crippen MR) is 80.7 cm³/mol. The fourth-order valence-corrected chi connectivity index (χ4v) is 4.30. The van der Waals surface area contributed by atoms with Crippen molar-refractivity contribution in [2.24, 2.45) is 5.92 Å². The van der Waals surface area contributed by atoms with Crippen LogP contribution in [0, 0.1) is 5.92 Å². The molecule has 1 saturated carbocycles. The van der Waals surface area contributed by atoms with Gasteiger partial charge in [-0.1, -0.05) is 12.8 Å². The number of carbonyl (C=O) groups is 2. The van der Waals surface area contributed by atoms with E-state index in [-0.39, 0.29) is 23.9 Å². The van der Waals surface area contributed by atoms with E-state index in [9.17, 15) is 9.59 Å². The molecule has 0 bridgehead atoms. The van der Waals surface area contributed by atoms with Crippen LogP contribution in [0.5, 0.6) is 0 Å². The summed E-state index contributed by atoms with van der Waals surface area (Å²) in [7, 11) is 3.54. The Labute approximate surface area is 127 Å². The van der Waals surface area contributed by atoms with E-state index in [2.05, 4.69) is 5.32 Å². The van der Waals surface area contributed by atoms with Crippen LogP contribution >= 0.6 is 0 Å². The van der Waals surface area contributed by atoms with Gasteiger partial charge in [0.05, 0.1) is 6.04 Å². The zero-order valence-corrected chi connectivity index (χ0v) is 13.2. The molecule has 2 heterocycles. The molecule has 0 spiro atoms. The molecule has 3 fully saturated rings. The number of fused-ring (bicyclic) bond motifs is 1. The van der Waals surface area contributed by atoms with Gasteiger partial charge in [0.15, 0.2) is 0 Å². The fraction of sp³-hybridized carbons (Fsp3) is 0.875. The lowest BCUT2D eigenvalue weighted by molar-refractivity contribution is -0.143. The molecule has 3 rings (SSSR count). The Bertz CT molecular complexity index is 410. The molecule has 2 amide bonds. The van der Waals surface area contributed by atoms with Crippen LogP contribution in [0.3, 0.4) is 0 Å². The van der Waals surface area contributed by atoms with Crippen LogP contribution in [0.15, 0.2) is 0 Å². The molecule has 0 aromatic rings. The first-order chi connectivity index (χ1) is 10.1. The molecule has 2 aliphatic heterocycles. The summed E-state index contributed by atoms with van der Waals surface area (Å²) in [6.45, 7) is 0.733. The van der Waals surface area contributed by atoms with E-state index in [0.29, 0.717) is 12.0 Å². The van der Waals surface area contributed by atoms with Crippen molar-refractivity contribution in [2.75, 3.05) is 20.6 Å². The Morgan fingerprint density at radius 2 is 1.86 bits per heavy atom. The summed E-state index contributed by atoms with van der Waals surface area (Å²) in [5, 5.41) is 3.54. The maximum absolute atomic E-state index is 12.8. The first kappa shape index (κ1) is 14.8. The largest absolute Gasteiger partial charge is 0.347 e. The van der Waals surface area contributed by atoms with Gasteiger partial charge in [-0.05, 0) is 38.0 Å². The Balaban J connectivity index is 1.66. The number of rotatable bonds is 2. The number of nitrogens with zero attached hydrogens (tertiary/aromatic N) is 2. The van der Waals surface area contributed by atoms with Gasteiger partial charge in [-0.15, -0.1) is 0 Å². The zero-order chi connectivity index (χ0) is 15.0. The second-order valence-electron chi connectivity index (χ2n) is 7.03. The average Bonchev–Trinajstić information content (AvgIpc) is 3.11. The average molecular weight is 293 g/mol. The van der Waals surface area contributed by atoms with Gasteiger partial charge in [-0.2, -0.15) is 0 Å². The minimum absolute atomic E-state index is 0.0614. The first-order valence-corrected chi connectivity index (χ1v) is 8.35. The monoisotopic (exact) mass is 293 g/mol. The number of nitrogens with one attached hydrogen (secondary N) is 1. The Morgan fingerprint density at radius 3 is 2.57 bits per heavy atom. The molecule has 21 heavy (non-hydrogen) atoms. The van der Waals surface area contributed by atoms with Crippen molar-refractivity contribution in [3.8, 4) is 0 Å². The topological polar surface area (TPSA) is 52.7 Å². The second-order valence-corrected chi connectivity index (χ2v) is 7.03. The van der Waals surface area contributed by atoms with Crippen LogP contribution in [0.25, 0.3) is 0 Å². The molecule has 5 nitrogen and oxygen atoms in total. The highest BCUT2D eigenvalue weighted by Gasteiger charge is 2.43. The lowest BCUT2D eigenvalue weighted by Crippen LogP contribution is -2.51. The van der Waals surface area contributed by atoms with E-state index in [0.717, 1.165) is 25.8 Å². The van der Waals surface area contributed by atoms with E-state index in [1.807, 2.05) is 4.90 Å². The first-order valence-electron chi connectivity index (χ1n) is 8.35. The van der Waals surface area contributed by atoms with Crippen LogP contribution in [0.1, 0.15) is 44.9 Å². The van der Waals surface area contributed by atoms with Crippen LogP contribution in [-0.4, -0.2) is 60.4 Å². The highest BCUT2D eigenvalue weighted by atomic mass is 16.2. The van der Waals surface area contributed by atoms with Crippen molar-refractivity contribution in [1.29, 1.82) is 0 Å². The lowest BCUT2D eigenvalue weighted by Gasteiger charge is -2.28. The highest BCUT2D eigenvalue weighted by molar-refractivity contribution is 5.90. The number of hydrogen-bond acceptors (Lipinski definition) is 3. The molecule has 118 valence electrons. The minimum Gasteiger partial charge on any atom is -0.347 e. The van der Waals surface area contributed by atoms with Gasteiger partial charge in [0.2, 0.25) is 11.8 Å². The summed E-state index contributed by atoms with van der Waals surface area (Å²) in [5.74, 6) is 0.886. The van der Waals surface area contributed by atoms with Crippen LogP contribution < -0.4 is 5.32 Å². The molecule has 5 heteroatoms. The number of amides is 2. The van der Waals surface area contributed by atoms with Crippen molar-refractivity contribution >= 4 is 11.8 Å². The molecule has 0 aromatic carbocycles. The van der Waals surface area contributed by atoms with Crippen LogP contribution in [-0.2, 0) is 9.59 Å². The summed E-state index contributed by atoms with van der Waals surface area (Å²) < 4.78 is 0. The van der Waals surface area contributed by atoms with Crippen molar-refractivity contribution in [2.45, 2.75) is 63.1 Å². The summed E-state index contributed by atoms with van der Waals surface area (Å²) in [6.07, 6.45) is 7.74. The van der Waals surface area contributed by atoms with E-state index in [1.165, 1.54) is 25.7 Å². The van der Waals surface area contributed by atoms with Crippen molar-refractivity contribution in [3.63, 3.8) is 0 Å². The maximum atomic E-state index is 12.8. The van der Waals surface area contributed by atoms with E-state index >= 15 is 0 Å². The summed E-state index contributed by atoms with van der Waals surface area (Å²) >= 11 is 0. The van der Waals surface area contributed by atoms with E-state index in [4.69, 9.17) is 0 Å². The number of carbonyl (C=O) groups excluding carboxylic acids is 2. The number of hydrogen-bond donors (Lipinski definition) is 1. The predicted octanol–water partition coefficient (Wildman–Crippen LogP) is 0.986. The lowest BCUT2D eigenvalue weighted by atomic mass is 9.85. The Kier molecular flexibility index (Phi) is 4.20. The molecular weight excluding hydrogens is 266 g/mol. The Morgan fingerprint density at radius 1 is 1.10 bits per heavy atom. The molecule has 1 aliphatic carbocycles. The fourth-order valence-electron chi connectivity index (χ4n) is 4.30. The van der Waals surface area contributed by atoms with E-state index in [1.54, 1.807) is 19.0 Å². The molecule has 3 aliphatic rings. The second kappa shape index (κ2) is 5.95. The zero-order valence-electron chi connectivity index (χ0n) is 13.2. The molecule has 1 N–H and O–H groups in total. The van der Waals surface area contributed by atoms with E-state index < -0.39 is 0 Å². The number of likely N-dealkylation sites (N-methyl/N-ethyl adjacent to an activating group) is 1. The summed E-state index contributed by atoms with van der Waals surface area (Å²) in [5.41, 5.74) is 0. The van der Waals surface area contributed by atoms with Crippen molar-refractivity contribution < 1.29 is 9.59 Å². The molecule has 4 atom stereocenters. The normalized spacial score (nSPS) is 35.6. The van der Waals surface area contributed by atoms with Gasteiger partial charge in [0.25, 0.3) is 0 Å². The van der Waals surface area contributed by atoms with Gasteiger partial charge in [-0.25, -0.2) is 0 Å². The SMILES string of the molecule is CN(C)C(=O)C1CCCN1C(=O)C1CC2CCCCC2N1. The van der Waals surface area contributed by atoms with Gasteiger partial charge in [0.1, 0.15) is 6.04 Å². The van der Waals surface area contributed by atoms with Crippen LogP contribution in [0.2, 0.25) is 0 Å². The van der Waals surface area contributed by atoms with Gasteiger partial charge < -0.3 is 15.1 Å². The minimum atomic E-state index is -0.239. The number of likely N-dealkylation sites (tertiary alicyclic amines) is 1. The van der Waals surface area contributed by atoms with Gasteiger partial charge >= 0.3 is 0 Å². The van der Waals surface area contributed by atoms with Gasteiger partial charge in [0, 0.05) is 26.7 Å². The van der Waals surface area contributed by atoms with Crippen LogP contribution in [0.4, 0.5) is 0 Å². The standard InChI is InChI=1S/C16H27N3O2/c1-18(2)16(21)14-8-5-9-19(14)15(20)13-10-11-6-3-4-7-12(11)17-13/h11-14,17H,3-10H2,1-2H3. The third-order valence-electron chi connectivity index (χ3n) is 5.42. The van der Waals surface area contributed by atoms with Crippen molar-refractivity contribution in [1.82, 2.24) is 15.1 Å². The molecule has 4 unspecified atom stereocenters. The third kappa shape index (κ3) is 2.80. The summed E-state index contributed by atoms with van der Waals surface area (Å²) in [4.78, 5) is 28.5. The molecular formula is C16H27N3O2. The summed E-state index contributed by atoms with van der Waals surface area (Å²) in [6, 6.07) is 0.226. The third-order valence-corrected chi connectivity index (χ3v) is 5.42. The maximum Gasteiger partial charge on any atom is 0.244 e. The smallest absolute Gasteiger partial charge is 0.244 e.